The van der Waals surface area contributed by atoms with Crippen LogP contribution in [0.3, 0.4) is 0 Å². The number of hydrogen-bond acceptors (Lipinski definition) is 2. The lowest BCUT2D eigenvalue weighted by Crippen LogP contribution is -2.05. The molecule has 0 aliphatic rings. The molecule has 0 atom stereocenters. The maximum Gasteiger partial charge on any atom is 0.294 e. The Morgan fingerprint density at radius 3 is 1.50 bits per heavy atom. The molecule has 0 aliphatic heterocycles. The van der Waals surface area contributed by atoms with Crippen molar-refractivity contribution in [1.82, 2.24) is 0 Å². The van der Waals surface area contributed by atoms with Crippen LogP contribution in [0.1, 0.15) is 128 Å². The normalized spacial score (nSPS) is 11.8. The largest absolute Gasteiger partial charge is 0.294 e. The Bertz CT molecular complexity index is 652. The van der Waals surface area contributed by atoms with E-state index in [2.05, 4.69) is 6.92 Å². The van der Waals surface area contributed by atoms with E-state index in [4.69, 9.17) is 0 Å². The van der Waals surface area contributed by atoms with E-state index in [1.165, 1.54) is 102 Å². The van der Waals surface area contributed by atoms with E-state index in [0.29, 0.717) is 6.42 Å². The van der Waals surface area contributed by atoms with Crippen molar-refractivity contribution in [1.29, 1.82) is 0 Å². The maximum absolute atomic E-state index is 11.5. The van der Waals surface area contributed by atoms with Gasteiger partial charge in [-0.2, -0.15) is 8.42 Å². The van der Waals surface area contributed by atoms with E-state index in [9.17, 15) is 13.0 Å². The summed E-state index contributed by atoms with van der Waals surface area (Å²) in [6.07, 6.45) is 23.2. The first kappa shape index (κ1) is 27.2. The lowest BCUT2D eigenvalue weighted by molar-refractivity contribution is 0.482. The zero-order valence-electron chi connectivity index (χ0n) is 19.6. The van der Waals surface area contributed by atoms with Gasteiger partial charge in [0.05, 0.1) is 4.90 Å². The van der Waals surface area contributed by atoms with Crippen LogP contribution in [0.2, 0.25) is 0 Å². The third-order valence-electron chi connectivity index (χ3n) is 6.16. The Labute approximate surface area is 186 Å². The van der Waals surface area contributed by atoms with Crippen LogP contribution in [0.25, 0.3) is 0 Å². The predicted octanol–water partition coefficient (Wildman–Crippen LogP) is 8.30. The summed E-state index contributed by atoms with van der Waals surface area (Å²) in [4.78, 5) is 0.0824. The van der Waals surface area contributed by atoms with Crippen LogP contribution in [-0.2, 0) is 23.0 Å². The first-order valence-electron chi connectivity index (χ1n) is 12.6. The van der Waals surface area contributed by atoms with Crippen LogP contribution in [0.15, 0.2) is 23.1 Å². The average molecular weight is 439 g/mol. The zero-order chi connectivity index (χ0) is 22.1. The van der Waals surface area contributed by atoms with Gasteiger partial charge in [-0.15, -0.1) is 0 Å². The molecule has 1 N–H and O–H groups in total. The molecule has 0 radical (unpaired) electrons. The monoisotopic (exact) mass is 438 g/mol. The molecule has 0 unspecified atom stereocenters. The Morgan fingerprint density at radius 1 is 0.667 bits per heavy atom. The minimum Gasteiger partial charge on any atom is -0.282 e. The van der Waals surface area contributed by atoms with Gasteiger partial charge in [0, 0.05) is 0 Å². The second-order valence-corrected chi connectivity index (χ2v) is 10.2. The second kappa shape index (κ2) is 16.8. The highest BCUT2D eigenvalue weighted by Gasteiger charge is 2.16. The lowest BCUT2D eigenvalue weighted by Gasteiger charge is -2.11. The van der Waals surface area contributed by atoms with E-state index in [0.717, 1.165) is 24.0 Å². The van der Waals surface area contributed by atoms with Crippen LogP contribution in [-0.4, -0.2) is 13.0 Å². The lowest BCUT2D eigenvalue weighted by atomic mass is 9.98. The summed E-state index contributed by atoms with van der Waals surface area (Å²) in [5.74, 6) is 0. The highest BCUT2D eigenvalue weighted by molar-refractivity contribution is 7.85. The highest BCUT2D eigenvalue weighted by atomic mass is 32.2. The first-order valence-corrected chi connectivity index (χ1v) is 14.0. The zero-order valence-corrected chi connectivity index (χ0v) is 20.4. The molecule has 4 heteroatoms. The molecule has 1 aromatic rings. The van der Waals surface area contributed by atoms with E-state index in [1.807, 2.05) is 13.0 Å². The van der Waals surface area contributed by atoms with E-state index in [-0.39, 0.29) is 4.90 Å². The standard InChI is InChI=1S/C26H46O3S/c1-3-5-6-7-8-9-10-11-12-13-14-15-16-17-18-19-21-24-22-20-23-26(25(24)4-2)30(27,28)29/h20,22-23H,3-19,21H2,1-2H3,(H,27,28,29). The summed E-state index contributed by atoms with van der Waals surface area (Å²) in [7, 11) is -4.13. The molecule has 1 rings (SSSR count). The summed E-state index contributed by atoms with van der Waals surface area (Å²) in [6, 6.07) is 5.24. The molecule has 30 heavy (non-hydrogen) atoms. The molecule has 174 valence electrons. The summed E-state index contributed by atoms with van der Waals surface area (Å²) < 4.78 is 32.5. The quantitative estimate of drug-likeness (QED) is 0.174. The third kappa shape index (κ3) is 12.1. The summed E-state index contributed by atoms with van der Waals surface area (Å²) in [5, 5.41) is 0. The Kier molecular flexibility index (Phi) is 15.2. The molecule has 0 spiro atoms. The fourth-order valence-electron chi connectivity index (χ4n) is 4.35. The van der Waals surface area contributed by atoms with Crippen molar-refractivity contribution in [2.45, 2.75) is 134 Å². The van der Waals surface area contributed by atoms with Crippen LogP contribution in [0.5, 0.6) is 0 Å². The van der Waals surface area contributed by atoms with Crippen LogP contribution in [0.4, 0.5) is 0 Å². The van der Waals surface area contributed by atoms with Gasteiger partial charge in [0.1, 0.15) is 0 Å². The van der Waals surface area contributed by atoms with Gasteiger partial charge in [-0.25, -0.2) is 0 Å². The number of benzene rings is 1. The van der Waals surface area contributed by atoms with Crippen molar-refractivity contribution in [3.8, 4) is 0 Å². The Morgan fingerprint density at radius 2 is 1.10 bits per heavy atom. The maximum atomic E-state index is 11.5. The van der Waals surface area contributed by atoms with Gasteiger partial charge in [-0.1, -0.05) is 122 Å². The van der Waals surface area contributed by atoms with Crippen molar-refractivity contribution in [2.24, 2.45) is 0 Å². The minimum atomic E-state index is -4.13. The fourth-order valence-corrected chi connectivity index (χ4v) is 5.19. The predicted molar refractivity (Wildman–Crippen MR) is 129 cm³/mol. The molecule has 0 saturated heterocycles. The van der Waals surface area contributed by atoms with Gasteiger partial charge in [0.15, 0.2) is 0 Å². The van der Waals surface area contributed by atoms with Crippen molar-refractivity contribution in [3.63, 3.8) is 0 Å². The smallest absolute Gasteiger partial charge is 0.282 e. The van der Waals surface area contributed by atoms with E-state index >= 15 is 0 Å². The topological polar surface area (TPSA) is 54.4 Å². The van der Waals surface area contributed by atoms with Gasteiger partial charge >= 0.3 is 0 Å². The SMILES string of the molecule is CCCCCCCCCCCCCCCCCCc1cccc(S(=O)(=O)O)c1CC. The van der Waals surface area contributed by atoms with Crippen molar-refractivity contribution in [3.05, 3.63) is 29.3 Å². The molecule has 0 saturated carbocycles. The average Bonchev–Trinajstić information content (AvgIpc) is 2.72. The number of unbranched alkanes of at least 4 members (excludes halogenated alkanes) is 15. The molecule has 0 amide bonds. The van der Waals surface area contributed by atoms with Crippen molar-refractivity contribution in [2.75, 3.05) is 0 Å². The molecular formula is C26H46O3S. The van der Waals surface area contributed by atoms with Gasteiger partial charge < -0.3 is 0 Å². The highest BCUT2D eigenvalue weighted by Crippen LogP contribution is 2.22. The molecule has 0 heterocycles. The number of aryl methyl sites for hydroxylation is 1. The Hall–Kier alpha value is -0.870. The molecule has 1 aromatic carbocycles. The van der Waals surface area contributed by atoms with E-state index < -0.39 is 10.1 Å². The van der Waals surface area contributed by atoms with Gasteiger partial charge in [0.25, 0.3) is 10.1 Å². The molecule has 0 aliphatic carbocycles. The minimum absolute atomic E-state index is 0.0824. The molecular weight excluding hydrogens is 392 g/mol. The van der Waals surface area contributed by atoms with Crippen LogP contribution >= 0.6 is 0 Å². The van der Waals surface area contributed by atoms with Gasteiger partial charge in [-0.3, -0.25) is 4.55 Å². The number of rotatable bonds is 19. The van der Waals surface area contributed by atoms with E-state index in [1.54, 1.807) is 6.07 Å². The first-order chi connectivity index (χ1) is 14.5. The van der Waals surface area contributed by atoms with Gasteiger partial charge in [-0.05, 0) is 36.5 Å². The molecule has 3 nitrogen and oxygen atoms in total. The summed E-state index contributed by atoms with van der Waals surface area (Å²) in [6.45, 7) is 4.22. The molecule has 0 fully saturated rings. The van der Waals surface area contributed by atoms with Gasteiger partial charge in [0.2, 0.25) is 0 Å². The van der Waals surface area contributed by atoms with Crippen LogP contribution < -0.4 is 0 Å². The third-order valence-corrected chi connectivity index (χ3v) is 7.10. The summed E-state index contributed by atoms with van der Waals surface area (Å²) >= 11 is 0. The molecule has 0 aromatic heterocycles. The Balaban J connectivity index is 2.02. The van der Waals surface area contributed by atoms with Crippen molar-refractivity contribution >= 4 is 10.1 Å². The number of hydrogen-bond donors (Lipinski definition) is 1. The summed E-state index contributed by atoms with van der Waals surface area (Å²) in [5.41, 5.74) is 1.85. The second-order valence-electron chi connectivity index (χ2n) is 8.78. The fraction of sp³-hybridized carbons (Fsp3) is 0.769. The van der Waals surface area contributed by atoms with Crippen molar-refractivity contribution < 1.29 is 13.0 Å². The van der Waals surface area contributed by atoms with Crippen LogP contribution in [0, 0.1) is 0 Å². The molecule has 0 bridgehead atoms.